The third-order valence-corrected chi connectivity index (χ3v) is 3.42. The molecule has 18 heavy (non-hydrogen) atoms. The highest BCUT2D eigenvalue weighted by molar-refractivity contribution is 7.80. The molecule has 1 aliphatic rings. The molecule has 1 aromatic rings. The van der Waals surface area contributed by atoms with Crippen molar-refractivity contribution in [3.8, 4) is 5.75 Å². The largest absolute Gasteiger partial charge is 0.492 e. The smallest absolute Gasteiger partial charge is 0.306 e. The van der Waals surface area contributed by atoms with Crippen molar-refractivity contribution in [1.29, 1.82) is 0 Å². The molecule has 1 aliphatic heterocycles. The predicted octanol–water partition coefficient (Wildman–Crippen LogP) is 1.20. The zero-order valence-corrected chi connectivity index (χ0v) is 11.3. The molecule has 0 saturated heterocycles. The Morgan fingerprint density at radius 3 is 3.11 bits per heavy atom. The van der Waals surface area contributed by atoms with Crippen LogP contribution in [0.2, 0.25) is 0 Å². The second-order valence-electron chi connectivity index (χ2n) is 4.19. The Morgan fingerprint density at radius 1 is 1.61 bits per heavy atom. The lowest BCUT2D eigenvalue weighted by Crippen LogP contribution is -2.16. The molecule has 2 rings (SSSR count). The summed E-state index contributed by atoms with van der Waals surface area (Å²) in [6, 6.07) is 2.01. The number of aryl methyl sites for hydroxylation is 1. The van der Waals surface area contributed by atoms with E-state index in [2.05, 4.69) is 12.6 Å². The molecule has 1 heterocycles. The highest BCUT2D eigenvalue weighted by atomic mass is 32.1. The number of fused-ring (bicyclic) bond motifs is 1. The molecule has 0 aromatic heterocycles. The van der Waals surface area contributed by atoms with Crippen molar-refractivity contribution in [1.82, 2.24) is 0 Å². The lowest BCUT2D eigenvalue weighted by atomic mass is 9.86. The van der Waals surface area contributed by atoms with Crippen molar-refractivity contribution in [2.45, 2.75) is 31.1 Å². The number of esters is 1. The third-order valence-electron chi connectivity index (χ3n) is 2.98. The first-order valence-electron chi connectivity index (χ1n) is 6.05. The van der Waals surface area contributed by atoms with Gasteiger partial charge in [0.15, 0.2) is 0 Å². The number of rotatable bonds is 4. The van der Waals surface area contributed by atoms with Crippen LogP contribution in [-0.4, -0.2) is 27.0 Å². The summed E-state index contributed by atoms with van der Waals surface area (Å²) in [7, 11) is 6.01. The highest BCUT2D eigenvalue weighted by Gasteiger charge is 2.19. The first-order chi connectivity index (χ1) is 8.63. The summed E-state index contributed by atoms with van der Waals surface area (Å²) in [5.41, 5.74) is 2.66. The topological polar surface area (TPSA) is 35.5 Å². The molecule has 3 nitrogen and oxygen atoms in total. The SMILES string of the molecule is [B]c1c(CCC(=O)OCC)cc2c(c1S)OCC2. The second kappa shape index (κ2) is 5.70. The van der Waals surface area contributed by atoms with Gasteiger partial charge in [0.1, 0.15) is 13.6 Å². The van der Waals surface area contributed by atoms with Crippen LogP contribution in [0.15, 0.2) is 11.0 Å². The molecule has 0 N–H and O–H groups in total. The van der Waals surface area contributed by atoms with E-state index in [1.54, 1.807) is 6.92 Å². The van der Waals surface area contributed by atoms with Crippen LogP contribution >= 0.6 is 12.6 Å². The molecule has 0 bridgehead atoms. The second-order valence-corrected chi connectivity index (χ2v) is 4.64. The molecule has 0 amide bonds. The monoisotopic (exact) mass is 262 g/mol. The Labute approximate surface area is 114 Å². The standard InChI is InChI=1S/C13H15BO3S/c1-2-16-10(15)4-3-8-7-9-5-6-17-12(9)13(18)11(8)14/h7,18H,2-6H2,1H3. The zero-order chi connectivity index (χ0) is 13.1. The molecular weight excluding hydrogens is 247 g/mol. The summed E-state index contributed by atoms with van der Waals surface area (Å²) in [4.78, 5) is 12.0. The highest BCUT2D eigenvalue weighted by Crippen LogP contribution is 2.32. The Morgan fingerprint density at radius 2 is 2.39 bits per heavy atom. The molecule has 0 atom stereocenters. The van der Waals surface area contributed by atoms with Gasteiger partial charge in [0.05, 0.1) is 13.2 Å². The summed E-state index contributed by atoms with van der Waals surface area (Å²) in [5, 5.41) is 0. The van der Waals surface area contributed by atoms with Gasteiger partial charge in [0, 0.05) is 17.7 Å². The molecule has 0 saturated carbocycles. The van der Waals surface area contributed by atoms with Crippen molar-refractivity contribution in [2.75, 3.05) is 13.2 Å². The maximum absolute atomic E-state index is 11.3. The van der Waals surface area contributed by atoms with E-state index in [0.29, 0.717) is 36.4 Å². The molecule has 0 aliphatic carbocycles. The lowest BCUT2D eigenvalue weighted by molar-refractivity contribution is -0.143. The maximum Gasteiger partial charge on any atom is 0.306 e. The summed E-state index contributed by atoms with van der Waals surface area (Å²) in [6.45, 7) is 2.87. The normalized spacial score (nSPS) is 13.0. The number of carbonyl (C=O) groups is 1. The molecule has 0 unspecified atom stereocenters. The van der Waals surface area contributed by atoms with Gasteiger partial charge in [-0.1, -0.05) is 17.1 Å². The molecule has 1 aromatic carbocycles. The predicted molar refractivity (Wildman–Crippen MR) is 73.2 cm³/mol. The Bertz CT molecular complexity index is 474. The first kappa shape index (κ1) is 13.3. The van der Waals surface area contributed by atoms with Crippen LogP contribution in [-0.2, 0) is 22.4 Å². The molecule has 2 radical (unpaired) electrons. The zero-order valence-electron chi connectivity index (χ0n) is 10.4. The van der Waals surface area contributed by atoms with Crippen LogP contribution in [0, 0.1) is 0 Å². The minimum Gasteiger partial charge on any atom is -0.492 e. The van der Waals surface area contributed by atoms with E-state index in [0.717, 1.165) is 23.3 Å². The Hall–Kier alpha value is -1.10. The number of carbonyl (C=O) groups excluding carboxylic acids is 1. The van der Waals surface area contributed by atoms with Crippen LogP contribution in [0.3, 0.4) is 0 Å². The van der Waals surface area contributed by atoms with Gasteiger partial charge in [-0.05, 0) is 18.9 Å². The van der Waals surface area contributed by atoms with E-state index in [1.807, 2.05) is 6.07 Å². The van der Waals surface area contributed by atoms with Crippen molar-refractivity contribution < 1.29 is 14.3 Å². The summed E-state index contributed by atoms with van der Waals surface area (Å²) in [6.07, 6.45) is 1.78. The minimum absolute atomic E-state index is 0.200. The van der Waals surface area contributed by atoms with Gasteiger partial charge in [-0.2, -0.15) is 0 Å². The Kier molecular flexibility index (Phi) is 4.22. The van der Waals surface area contributed by atoms with Gasteiger partial charge in [0.25, 0.3) is 0 Å². The minimum atomic E-state index is -0.200. The fourth-order valence-electron chi connectivity index (χ4n) is 2.07. The number of benzene rings is 1. The Balaban J connectivity index is 2.14. The van der Waals surface area contributed by atoms with E-state index in [4.69, 9.17) is 17.3 Å². The van der Waals surface area contributed by atoms with Gasteiger partial charge in [-0.25, -0.2) is 0 Å². The van der Waals surface area contributed by atoms with Gasteiger partial charge >= 0.3 is 5.97 Å². The number of ether oxygens (including phenoxy) is 2. The van der Waals surface area contributed by atoms with E-state index in [-0.39, 0.29) is 5.97 Å². The van der Waals surface area contributed by atoms with Crippen molar-refractivity contribution in [3.05, 3.63) is 17.2 Å². The molecule has 0 spiro atoms. The van der Waals surface area contributed by atoms with Crippen LogP contribution in [0.4, 0.5) is 0 Å². The molecule has 5 heteroatoms. The molecular formula is C13H15BO3S. The first-order valence-corrected chi connectivity index (χ1v) is 6.49. The maximum atomic E-state index is 11.3. The van der Waals surface area contributed by atoms with Crippen molar-refractivity contribution >= 4 is 31.9 Å². The number of hydrogen-bond acceptors (Lipinski definition) is 4. The lowest BCUT2D eigenvalue weighted by Gasteiger charge is -2.12. The van der Waals surface area contributed by atoms with Crippen LogP contribution < -0.4 is 10.2 Å². The summed E-state index contributed by atoms with van der Waals surface area (Å²) < 4.78 is 10.4. The van der Waals surface area contributed by atoms with Crippen LogP contribution in [0.5, 0.6) is 5.75 Å². The quantitative estimate of drug-likeness (QED) is 0.503. The van der Waals surface area contributed by atoms with Crippen LogP contribution in [0.1, 0.15) is 24.5 Å². The van der Waals surface area contributed by atoms with Crippen molar-refractivity contribution in [3.63, 3.8) is 0 Å². The third kappa shape index (κ3) is 2.66. The van der Waals surface area contributed by atoms with E-state index in [9.17, 15) is 4.79 Å². The average Bonchev–Trinajstić information content (AvgIpc) is 2.80. The van der Waals surface area contributed by atoms with Gasteiger partial charge in [0.2, 0.25) is 0 Å². The van der Waals surface area contributed by atoms with Gasteiger partial charge in [-0.3, -0.25) is 4.79 Å². The number of hydrogen-bond donors (Lipinski definition) is 1. The summed E-state index contributed by atoms with van der Waals surface area (Å²) in [5.74, 6) is 0.588. The van der Waals surface area contributed by atoms with E-state index in [1.165, 1.54) is 0 Å². The molecule has 0 fully saturated rings. The van der Waals surface area contributed by atoms with Gasteiger partial charge < -0.3 is 9.47 Å². The van der Waals surface area contributed by atoms with Crippen molar-refractivity contribution in [2.24, 2.45) is 0 Å². The van der Waals surface area contributed by atoms with Crippen LogP contribution in [0.25, 0.3) is 0 Å². The average molecular weight is 262 g/mol. The van der Waals surface area contributed by atoms with E-state index < -0.39 is 0 Å². The molecule has 94 valence electrons. The number of thiol groups is 1. The summed E-state index contributed by atoms with van der Waals surface area (Å²) >= 11 is 4.39. The fourth-order valence-corrected chi connectivity index (χ4v) is 2.42. The van der Waals surface area contributed by atoms with Gasteiger partial charge in [-0.15, -0.1) is 12.6 Å². The fraction of sp³-hybridized carbons (Fsp3) is 0.462. The van der Waals surface area contributed by atoms with E-state index >= 15 is 0 Å².